The highest BCUT2D eigenvalue weighted by Crippen LogP contribution is 2.49. The number of nitrogens with zero attached hydrogens (tertiary/aromatic N) is 2. The molecular weight excluding hydrogens is 669 g/mol. The number of sulfone groups is 1. The van der Waals surface area contributed by atoms with Crippen molar-refractivity contribution in [3.63, 3.8) is 0 Å². The van der Waals surface area contributed by atoms with Crippen LogP contribution in [0, 0.1) is 6.92 Å². The summed E-state index contributed by atoms with van der Waals surface area (Å²) in [6.45, 7) is 13.2. The van der Waals surface area contributed by atoms with E-state index < -0.39 is 20.8 Å². The molecule has 3 aliphatic rings. The zero-order valence-corrected chi connectivity index (χ0v) is 31.1. The van der Waals surface area contributed by atoms with Gasteiger partial charge in [0.15, 0.2) is 15.8 Å². The highest BCUT2D eigenvalue weighted by Gasteiger charge is 2.44. The molecule has 0 radical (unpaired) electrons. The van der Waals surface area contributed by atoms with E-state index in [1.807, 2.05) is 19.9 Å². The first-order valence-corrected chi connectivity index (χ1v) is 18.9. The zero-order valence-electron chi connectivity index (χ0n) is 28.8. The Bertz CT molecular complexity index is 1590. The molecule has 0 bridgehead atoms. The van der Waals surface area contributed by atoms with Gasteiger partial charge in [-0.15, -0.1) is 12.4 Å². The Morgan fingerprint density at radius 3 is 2.52 bits per heavy atom. The lowest BCUT2D eigenvalue weighted by molar-refractivity contribution is 0.0633. The van der Waals surface area contributed by atoms with Crippen molar-refractivity contribution in [1.29, 1.82) is 0 Å². The predicted octanol–water partition coefficient (Wildman–Crippen LogP) is 5.30. The molecule has 0 amide bonds. The second-order valence-electron chi connectivity index (χ2n) is 13.6. The van der Waals surface area contributed by atoms with Crippen LogP contribution in [0.3, 0.4) is 0 Å². The van der Waals surface area contributed by atoms with E-state index in [1.165, 1.54) is 0 Å². The third-order valence-electron chi connectivity index (χ3n) is 9.59. The maximum atomic E-state index is 13.5. The molecule has 3 aliphatic heterocycles. The Labute approximate surface area is 297 Å². The number of nitrogens with one attached hydrogen (secondary N) is 3. The van der Waals surface area contributed by atoms with E-state index in [-0.39, 0.29) is 35.3 Å². The molecule has 5 rings (SSSR count). The number of benzene rings is 2. The second-order valence-corrected chi connectivity index (χ2v) is 16.5. The third-order valence-corrected chi connectivity index (χ3v) is 12.2. The lowest BCUT2D eigenvalue weighted by Crippen LogP contribution is -2.52. The summed E-state index contributed by atoms with van der Waals surface area (Å²) >= 11 is 7.13. The number of anilines is 1. The normalized spacial score (nSPS) is 24.0. The van der Waals surface area contributed by atoms with Crippen molar-refractivity contribution >= 4 is 45.5 Å². The highest BCUT2D eigenvalue weighted by atomic mass is 35.5. The molecule has 0 aliphatic carbocycles. The summed E-state index contributed by atoms with van der Waals surface area (Å²) in [7, 11) is -3.66. The van der Waals surface area contributed by atoms with Gasteiger partial charge < -0.3 is 32.2 Å². The number of ether oxygens (including phenoxy) is 1. The topological polar surface area (TPSA) is 147 Å². The van der Waals surface area contributed by atoms with Gasteiger partial charge in [0.25, 0.3) is 0 Å². The van der Waals surface area contributed by atoms with E-state index in [2.05, 4.69) is 33.8 Å². The minimum absolute atomic E-state index is 0. The van der Waals surface area contributed by atoms with Crippen LogP contribution in [0.2, 0.25) is 0 Å². The van der Waals surface area contributed by atoms with E-state index >= 15 is 0 Å². The molecule has 3 unspecified atom stereocenters. The average molecular weight is 723 g/mol. The summed E-state index contributed by atoms with van der Waals surface area (Å²) in [5.74, 6) is 1.05. The largest absolute Gasteiger partial charge is 0.490 e. The molecule has 3 atom stereocenters. The number of para-hydroxylation sites is 1. The van der Waals surface area contributed by atoms with Crippen LogP contribution in [0.1, 0.15) is 82.4 Å². The van der Waals surface area contributed by atoms with Crippen LogP contribution in [-0.2, 0) is 15.5 Å². The van der Waals surface area contributed by atoms with Gasteiger partial charge in [-0.25, -0.2) is 13.4 Å². The molecule has 0 saturated carbocycles. The number of aryl methyl sites for hydroxylation is 1. The smallest absolute Gasteiger partial charge is 0.201 e. The number of aliphatic imine (C=N–C) groups is 1. The van der Waals surface area contributed by atoms with Crippen LogP contribution in [0.4, 0.5) is 5.69 Å². The first-order valence-electron chi connectivity index (χ1n) is 16.9. The van der Waals surface area contributed by atoms with Crippen molar-refractivity contribution in [1.82, 2.24) is 15.5 Å². The predicted molar refractivity (Wildman–Crippen MR) is 199 cm³/mol. The van der Waals surface area contributed by atoms with Gasteiger partial charge in [0, 0.05) is 23.8 Å². The lowest BCUT2D eigenvalue weighted by atomic mass is 9.80. The molecule has 10 nitrogen and oxygen atoms in total. The van der Waals surface area contributed by atoms with Gasteiger partial charge in [-0.1, -0.05) is 35.4 Å². The zero-order chi connectivity index (χ0) is 33.9. The van der Waals surface area contributed by atoms with Crippen LogP contribution in [0.5, 0.6) is 5.75 Å². The van der Waals surface area contributed by atoms with Gasteiger partial charge in [0.2, 0.25) is 5.66 Å². The van der Waals surface area contributed by atoms with Gasteiger partial charge in [-0.05, 0) is 123 Å². The molecule has 0 spiro atoms. The van der Waals surface area contributed by atoms with Gasteiger partial charge in [0.1, 0.15) is 5.75 Å². The Hall–Kier alpha value is -2.54. The van der Waals surface area contributed by atoms with Crippen LogP contribution in [0.15, 0.2) is 57.5 Å². The molecule has 266 valence electrons. The number of piperidine rings is 2. The van der Waals surface area contributed by atoms with Gasteiger partial charge in [-0.3, -0.25) is 4.90 Å². The molecule has 2 fully saturated rings. The van der Waals surface area contributed by atoms with Crippen LogP contribution in [-0.4, -0.2) is 68.9 Å². The van der Waals surface area contributed by atoms with E-state index in [0.717, 1.165) is 62.9 Å². The minimum Gasteiger partial charge on any atom is -0.490 e. The Balaban J connectivity index is 0.00000520. The maximum Gasteiger partial charge on any atom is 0.201 e. The Kier molecular flexibility index (Phi) is 12.8. The Morgan fingerprint density at radius 1 is 1.15 bits per heavy atom. The van der Waals surface area contributed by atoms with Crippen molar-refractivity contribution in [2.24, 2.45) is 16.5 Å². The summed E-state index contributed by atoms with van der Waals surface area (Å²) < 4.78 is 33.8. The van der Waals surface area contributed by atoms with Crippen LogP contribution >= 0.6 is 24.0 Å². The number of hydrogen-bond acceptors (Lipinski definition) is 10. The lowest BCUT2D eigenvalue weighted by Gasteiger charge is -2.46. The molecule has 2 aromatic carbocycles. The van der Waals surface area contributed by atoms with E-state index in [4.69, 9.17) is 32.8 Å². The number of halogens is 2. The fourth-order valence-electron chi connectivity index (χ4n) is 7.31. The molecule has 0 aromatic heterocycles. The fourth-order valence-corrected chi connectivity index (χ4v) is 8.75. The standard InChI is InChI=1S/C35H52ClN7O3S.ClH/c1-22(2)46-33-28(25-13-17-43(27(20-25)10-14-37)26-11-15-39-16-12-26)18-24(5)19-29(33)35(32(36)21-40-34(38)42-35)41-30-8-6-7-9-31(30)47(44,45)23(3)4;/h6-9,18-19,21-23,25-27,39,41H,10-17,20,37H2,1-5H3,(H3,38,40,42);1H. The summed E-state index contributed by atoms with van der Waals surface area (Å²) in [6.07, 6.45) is 6.64. The van der Waals surface area contributed by atoms with Gasteiger partial charge in [0.05, 0.1) is 27.0 Å². The second kappa shape index (κ2) is 16.0. The highest BCUT2D eigenvalue weighted by molar-refractivity contribution is 7.92. The monoisotopic (exact) mass is 721 g/mol. The number of likely N-dealkylation sites (tertiary alicyclic amines) is 1. The Morgan fingerprint density at radius 2 is 1.85 bits per heavy atom. The van der Waals surface area contributed by atoms with E-state index in [1.54, 1.807) is 44.3 Å². The molecule has 7 N–H and O–H groups in total. The molecule has 2 saturated heterocycles. The van der Waals surface area contributed by atoms with Crippen molar-refractivity contribution in [3.8, 4) is 5.75 Å². The average Bonchev–Trinajstić information content (AvgIpc) is 3.04. The molecule has 48 heavy (non-hydrogen) atoms. The third kappa shape index (κ3) is 7.92. The SMILES string of the molecule is Cc1cc(C2CCN(C3CCNCC3)C(CCN)C2)c(OC(C)C)c(C2(Nc3ccccc3S(=O)(=O)C(C)C)N=C(N)NC=C2Cl)c1.Cl. The van der Waals surface area contributed by atoms with Gasteiger partial charge >= 0.3 is 0 Å². The minimum atomic E-state index is -3.66. The van der Waals surface area contributed by atoms with Crippen molar-refractivity contribution < 1.29 is 13.2 Å². The maximum absolute atomic E-state index is 13.5. The van der Waals surface area contributed by atoms with Crippen LogP contribution in [0.25, 0.3) is 0 Å². The fraction of sp³-hybridized carbons (Fsp3) is 0.571. The summed E-state index contributed by atoms with van der Waals surface area (Å²) in [5, 5.41) is 9.58. The van der Waals surface area contributed by atoms with Crippen molar-refractivity contribution in [2.45, 2.75) is 107 Å². The van der Waals surface area contributed by atoms with E-state index in [0.29, 0.717) is 40.7 Å². The summed E-state index contributed by atoms with van der Waals surface area (Å²) in [5.41, 5.74) is 14.3. The number of hydrogen-bond donors (Lipinski definition) is 5. The first kappa shape index (κ1) is 38.3. The van der Waals surface area contributed by atoms with Crippen molar-refractivity contribution in [2.75, 3.05) is 31.5 Å². The van der Waals surface area contributed by atoms with Crippen molar-refractivity contribution in [3.05, 3.63) is 64.3 Å². The first-order chi connectivity index (χ1) is 22.4. The quantitative estimate of drug-likeness (QED) is 0.209. The molecule has 3 heterocycles. The molecule has 2 aromatic rings. The van der Waals surface area contributed by atoms with Crippen LogP contribution < -0.4 is 32.2 Å². The van der Waals surface area contributed by atoms with Gasteiger partial charge in [-0.2, -0.15) is 0 Å². The summed E-state index contributed by atoms with van der Waals surface area (Å²) in [6, 6.07) is 12.0. The summed E-state index contributed by atoms with van der Waals surface area (Å²) in [4.78, 5) is 7.78. The van der Waals surface area contributed by atoms with E-state index in [9.17, 15) is 8.42 Å². The number of guanidine groups is 1. The molecule has 13 heteroatoms. The number of rotatable bonds is 11. The molecular formula is C35H53Cl2N7O3S. The number of nitrogens with two attached hydrogens (primary N) is 2.